The lowest BCUT2D eigenvalue weighted by molar-refractivity contribution is -0.387. The molecule has 6 nitrogen and oxygen atoms in total. The second kappa shape index (κ2) is 5.52. The Morgan fingerprint density at radius 1 is 1.45 bits per heavy atom. The van der Waals surface area contributed by atoms with Gasteiger partial charge in [0.05, 0.1) is 11.5 Å². The molecule has 1 N–H and O–H groups in total. The Morgan fingerprint density at radius 3 is 2.75 bits per heavy atom. The van der Waals surface area contributed by atoms with E-state index in [1.54, 1.807) is 0 Å². The van der Waals surface area contributed by atoms with E-state index >= 15 is 0 Å². The smallest absolute Gasteiger partial charge is 0.304 e. The predicted molar refractivity (Wildman–Crippen MR) is 69.6 cm³/mol. The number of nitro benzene ring substituents is 1. The first-order valence-corrected chi connectivity index (χ1v) is 5.81. The van der Waals surface area contributed by atoms with Crippen molar-refractivity contribution in [2.45, 2.75) is 6.54 Å². The van der Waals surface area contributed by atoms with Crippen LogP contribution < -0.4 is 5.32 Å². The molecule has 1 amide bonds. The summed E-state index contributed by atoms with van der Waals surface area (Å²) in [6.07, 6.45) is 1.84. The van der Waals surface area contributed by atoms with E-state index in [9.17, 15) is 19.3 Å². The average Bonchev–Trinajstić information content (AvgIpc) is 2.81. The number of aromatic nitrogens is 1. The predicted octanol–water partition coefficient (Wildman–Crippen LogP) is 2.00. The highest BCUT2D eigenvalue weighted by Crippen LogP contribution is 2.17. The van der Waals surface area contributed by atoms with Crippen molar-refractivity contribution in [2.75, 3.05) is 0 Å². The number of nitrogens with zero attached hydrogens (tertiary/aromatic N) is 2. The molecule has 2 aromatic rings. The quantitative estimate of drug-likeness (QED) is 0.686. The third-order valence-electron chi connectivity index (χ3n) is 2.89. The molecular formula is C13H12FN3O3. The fraction of sp³-hybridized carbons (Fsp3) is 0.154. The number of amides is 1. The molecule has 0 aliphatic rings. The lowest BCUT2D eigenvalue weighted by Crippen LogP contribution is -2.24. The molecule has 0 unspecified atom stereocenters. The van der Waals surface area contributed by atoms with Crippen LogP contribution in [0.1, 0.15) is 16.1 Å². The zero-order chi connectivity index (χ0) is 14.7. The van der Waals surface area contributed by atoms with Gasteiger partial charge in [0.1, 0.15) is 0 Å². The van der Waals surface area contributed by atoms with Gasteiger partial charge in [-0.15, -0.1) is 0 Å². The molecule has 1 aromatic heterocycles. The third kappa shape index (κ3) is 2.82. The van der Waals surface area contributed by atoms with E-state index in [-0.39, 0.29) is 5.56 Å². The van der Waals surface area contributed by atoms with Gasteiger partial charge in [0, 0.05) is 30.6 Å². The van der Waals surface area contributed by atoms with Gasteiger partial charge < -0.3 is 9.88 Å². The molecule has 0 spiro atoms. The van der Waals surface area contributed by atoms with E-state index < -0.39 is 22.3 Å². The molecule has 0 bridgehead atoms. The summed E-state index contributed by atoms with van der Waals surface area (Å²) in [5.74, 6) is -1.51. The van der Waals surface area contributed by atoms with Gasteiger partial charge in [0.15, 0.2) is 0 Å². The van der Waals surface area contributed by atoms with Gasteiger partial charge in [-0.2, -0.15) is 4.39 Å². The summed E-state index contributed by atoms with van der Waals surface area (Å²) in [7, 11) is 1.84. The number of hydrogen-bond donors (Lipinski definition) is 1. The first-order chi connectivity index (χ1) is 9.49. The molecule has 104 valence electrons. The standard InChI is InChI=1S/C13H12FN3O3/c1-16-6-2-3-10(16)8-15-13(18)9-4-5-12(17(19)20)11(14)7-9/h2-7H,8H2,1H3,(H,15,18). The van der Waals surface area contributed by atoms with Gasteiger partial charge in [-0.3, -0.25) is 14.9 Å². The van der Waals surface area contributed by atoms with Crippen molar-refractivity contribution in [2.24, 2.45) is 7.05 Å². The molecule has 0 aliphatic heterocycles. The minimum atomic E-state index is -1.03. The summed E-state index contributed by atoms with van der Waals surface area (Å²) in [5.41, 5.74) is 0.284. The molecule has 1 aromatic carbocycles. The Kier molecular flexibility index (Phi) is 3.79. The topological polar surface area (TPSA) is 77.2 Å². The van der Waals surface area contributed by atoms with E-state index in [1.807, 2.05) is 29.9 Å². The minimum Gasteiger partial charge on any atom is -0.353 e. The monoisotopic (exact) mass is 277 g/mol. The molecule has 0 aliphatic carbocycles. The maximum Gasteiger partial charge on any atom is 0.304 e. The summed E-state index contributed by atoms with van der Waals surface area (Å²) in [5, 5.41) is 13.1. The van der Waals surface area contributed by atoms with Gasteiger partial charge in [-0.1, -0.05) is 0 Å². The molecule has 0 saturated carbocycles. The lowest BCUT2D eigenvalue weighted by Gasteiger charge is -2.06. The molecular weight excluding hydrogens is 265 g/mol. The van der Waals surface area contributed by atoms with Crippen LogP contribution in [0.2, 0.25) is 0 Å². The minimum absolute atomic E-state index is 0.0438. The molecule has 20 heavy (non-hydrogen) atoms. The van der Waals surface area contributed by atoms with Crippen molar-refractivity contribution in [3.63, 3.8) is 0 Å². The summed E-state index contributed by atoms with van der Waals surface area (Å²) in [6, 6.07) is 6.75. The Bertz CT molecular complexity index is 667. The second-order valence-electron chi connectivity index (χ2n) is 4.22. The van der Waals surface area contributed by atoms with E-state index in [0.29, 0.717) is 6.54 Å². The highest BCUT2D eigenvalue weighted by Gasteiger charge is 2.16. The summed E-state index contributed by atoms with van der Waals surface area (Å²) >= 11 is 0. The Hall–Kier alpha value is -2.70. The Morgan fingerprint density at radius 2 is 2.20 bits per heavy atom. The van der Waals surface area contributed by atoms with Crippen molar-refractivity contribution >= 4 is 11.6 Å². The molecule has 0 saturated heterocycles. The molecule has 7 heteroatoms. The number of halogens is 1. The van der Waals surface area contributed by atoms with E-state index in [4.69, 9.17) is 0 Å². The zero-order valence-corrected chi connectivity index (χ0v) is 10.7. The first-order valence-electron chi connectivity index (χ1n) is 5.81. The van der Waals surface area contributed by atoms with Crippen molar-refractivity contribution in [1.29, 1.82) is 0 Å². The van der Waals surface area contributed by atoms with E-state index in [0.717, 1.165) is 17.8 Å². The van der Waals surface area contributed by atoms with Crippen LogP contribution in [0.5, 0.6) is 0 Å². The number of carbonyl (C=O) groups is 1. The summed E-state index contributed by atoms with van der Waals surface area (Å²) in [4.78, 5) is 21.5. The Balaban J connectivity index is 2.08. The Labute approximate surface area is 114 Å². The van der Waals surface area contributed by atoms with Gasteiger partial charge in [-0.05, 0) is 24.3 Å². The molecule has 0 atom stereocenters. The number of benzene rings is 1. The summed E-state index contributed by atoms with van der Waals surface area (Å²) in [6.45, 7) is 0.293. The number of hydrogen-bond acceptors (Lipinski definition) is 3. The first kappa shape index (κ1) is 13.7. The largest absolute Gasteiger partial charge is 0.353 e. The SMILES string of the molecule is Cn1cccc1CNC(=O)c1ccc([N+](=O)[O-])c(F)c1. The third-order valence-corrected chi connectivity index (χ3v) is 2.89. The van der Waals surface area contributed by atoms with Crippen molar-refractivity contribution in [1.82, 2.24) is 9.88 Å². The van der Waals surface area contributed by atoms with Gasteiger partial charge in [-0.25, -0.2) is 0 Å². The van der Waals surface area contributed by atoms with Crippen LogP contribution >= 0.6 is 0 Å². The average molecular weight is 277 g/mol. The van der Waals surface area contributed by atoms with Crippen molar-refractivity contribution in [3.8, 4) is 0 Å². The van der Waals surface area contributed by atoms with E-state index in [1.165, 1.54) is 6.07 Å². The highest BCUT2D eigenvalue weighted by molar-refractivity contribution is 5.94. The number of nitro groups is 1. The van der Waals surface area contributed by atoms with Crippen molar-refractivity contribution < 1.29 is 14.1 Å². The van der Waals surface area contributed by atoms with Crippen LogP contribution in [-0.4, -0.2) is 15.4 Å². The molecule has 0 fully saturated rings. The second-order valence-corrected chi connectivity index (χ2v) is 4.22. The van der Waals surface area contributed by atoms with Gasteiger partial charge in [0.2, 0.25) is 5.82 Å². The lowest BCUT2D eigenvalue weighted by atomic mass is 10.2. The number of rotatable bonds is 4. The number of carbonyl (C=O) groups excluding carboxylic acids is 1. The van der Waals surface area contributed by atoms with Gasteiger partial charge >= 0.3 is 5.69 Å². The highest BCUT2D eigenvalue weighted by atomic mass is 19.1. The fourth-order valence-electron chi connectivity index (χ4n) is 1.75. The zero-order valence-electron chi connectivity index (χ0n) is 10.7. The summed E-state index contributed by atoms with van der Waals surface area (Å²) < 4.78 is 15.3. The molecule has 0 radical (unpaired) electrons. The van der Waals surface area contributed by atoms with Gasteiger partial charge in [0.25, 0.3) is 5.91 Å². The maximum absolute atomic E-state index is 13.4. The van der Waals surface area contributed by atoms with Crippen LogP contribution in [0, 0.1) is 15.9 Å². The van der Waals surface area contributed by atoms with Crippen LogP contribution in [0.15, 0.2) is 36.5 Å². The van der Waals surface area contributed by atoms with Crippen LogP contribution in [-0.2, 0) is 13.6 Å². The van der Waals surface area contributed by atoms with Crippen molar-refractivity contribution in [3.05, 3.63) is 63.7 Å². The normalized spacial score (nSPS) is 10.3. The van der Waals surface area contributed by atoms with Crippen LogP contribution in [0.25, 0.3) is 0 Å². The van der Waals surface area contributed by atoms with Crippen LogP contribution in [0.3, 0.4) is 0 Å². The maximum atomic E-state index is 13.4. The van der Waals surface area contributed by atoms with Crippen LogP contribution in [0.4, 0.5) is 10.1 Å². The molecule has 1 heterocycles. The molecule has 2 rings (SSSR count). The van der Waals surface area contributed by atoms with E-state index in [2.05, 4.69) is 5.32 Å². The number of nitrogens with one attached hydrogen (secondary N) is 1. The fourth-order valence-corrected chi connectivity index (χ4v) is 1.75. The number of aryl methyl sites for hydroxylation is 1.